The van der Waals surface area contributed by atoms with Crippen molar-refractivity contribution in [2.45, 2.75) is 25.8 Å². The zero-order valence-corrected chi connectivity index (χ0v) is 13.4. The maximum Gasteiger partial charge on any atom is 0.323 e. The third-order valence-corrected chi connectivity index (χ3v) is 4.30. The lowest BCUT2D eigenvalue weighted by Crippen LogP contribution is -2.47. The molecule has 0 aromatic carbocycles. The Labute approximate surface area is 136 Å². The summed E-state index contributed by atoms with van der Waals surface area (Å²) in [6.07, 6.45) is 3.04. The average molecular weight is 335 g/mol. The van der Waals surface area contributed by atoms with Gasteiger partial charge < -0.3 is 14.7 Å². The Morgan fingerprint density at radius 3 is 2.78 bits per heavy atom. The van der Waals surface area contributed by atoms with Gasteiger partial charge >= 0.3 is 6.03 Å². The van der Waals surface area contributed by atoms with Crippen molar-refractivity contribution in [2.75, 3.05) is 18.4 Å². The number of hydrogen-bond acceptors (Lipinski definition) is 6. The predicted octanol–water partition coefficient (Wildman–Crippen LogP) is 1.87. The molecule has 1 aliphatic heterocycles. The third kappa shape index (κ3) is 3.86. The smallest absolute Gasteiger partial charge is 0.323 e. The Kier molecular flexibility index (Phi) is 4.56. The molecule has 2 aromatic heterocycles. The fraction of sp³-hybridized carbons (Fsp3) is 0.429. The van der Waals surface area contributed by atoms with Crippen LogP contribution in [0.5, 0.6) is 0 Å². The van der Waals surface area contributed by atoms with Crippen LogP contribution in [0.3, 0.4) is 0 Å². The van der Waals surface area contributed by atoms with Crippen molar-refractivity contribution < 1.29 is 14.1 Å². The number of piperidine rings is 1. The van der Waals surface area contributed by atoms with Crippen LogP contribution in [0.25, 0.3) is 0 Å². The molecular weight excluding hydrogens is 318 g/mol. The number of urea groups is 1. The summed E-state index contributed by atoms with van der Waals surface area (Å²) in [6.45, 7) is 2.93. The number of aromatic nitrogens is 2. The maximum absolute atomic E-state index is 12.1. The normalized spacial score (nSPS) is 15.4. The standard InChI is InChI=1S/C14H17N5O3S/c1-9-8-11(22-18-9)12(20)16-10-2-5-19(6-3-10)14(21)17-13-15-4-7-23-13/h4,7-8,10H,2-3,5-6H2,1H3,(H,16,20)(H,15,17,21). The molecule has 1 fully saturated rings. The van der Waals surface area contributed by atoms with Gasteiger partial charge in [-0.25, -0.2) is 9.78 Å². The van der Waals surface area contributed by atoms with E-state index >= 15 is 0 Å². The number of carbonyl (C=O) groups excluding carboxylic acids is 2. The second-order valence-electron chi connectivity index (χ2n) is 5.33. The van der Waals surface area contributed by atoms with Gasteiger partial charge in [-0.15, -0.1) is 11.3 Å². The van der Waals surface area contributed by atoms with E-state index in [1.165, 1.54) is 11.3 Å². The lowest BCUT2D eigenvalue weighted by atomic mass is 10.1. The molecule has 2 N–H and O–H groups in total. The first-order valence-corrected chi connectivity index (χ1v) is 8.19. The number of aryl methyl sites for hydroxylation is 1. The molecular formula is C14H17N5O3S. The molecule has 8 nitrogen and oxygen atoms in total. The van der Waals surface area contributed by atoms with Crippen molar-refractivity contribution in [3.8, 4) is 0 Å². The van der Waals surface area contributed by atoms with Gasteiger partial charge in [0.05, 0.1) is 5.69 Å². The largest absolute Gasteiger partial charge is 0.351 e. The van der Waals surface area contributed by atoms with Crippen LogP contribution in [0, 0.1) is 6.92 Å². The molecule has 3 amide bonds. The lowest BCUT2D eigenvalue weighted by molar-refractivity contribution is 0.0882. The van der Waals surface area contributed by atoms with E-state index in [2.05, 4.69) is 20.8 Å². The van der Waals surface area contributed by atoms with Crippen molar-refractivity contribution >= 4 is 28.4 Å². The van der Waals surface area contributed by atoms with Crippen LogP contribution >= 0.6 is 11.3 Å². The molecule has 2 aromatic rings. The number of anilines is 1. The van der Waals surface area contributed by atoms with Gasteiger partial charge in [0, 0.05) is 36.8 Å². The molecule has 3 rings (SSSR count). The van der Waals surface area contributed by atoms with E-state index < -0.39 is 0 Å². The fourth-order valence-electron chi connectivity index (χ4n) is 2.41. The van der Waals surface area contributed by atoms with E-state index in [9.17, 15) is 9.59 Å². The van der Waals surface area contributed by atoms with Crippen LogP contribution in [0.2, 0.25) is 0 Å². The molecule has 122 valence electrons. The number of nitrogens with one attached hydrogen (secondary N) is 2. The lowest BCUT2D eigenvalue weighted by Gasteiger charge is -2.31. The molecule has 0 radical (unpaired) electrons. The van der Waals surface area contributed by atoms with E-state index in [4.69, 9.17) is 4.52 Å². The van der Waals surface area contributed by atoms with Crippen molar-refractivity contribution in [3.05, 3.63) is 29.1 Å². The molecule has 0 atom stereocenters. The topological polar surface area (TPSA) is 100 Å². The Bertz CT molecular complexity index is 676. The van der Waals surface area contributed by atoms with Gasteiger partial charge in [0.1, 0.15) is 0 Å². The van der Waals surface area contributed by atoms with Gasteiger partial charge in [-0.1, -0.05) is 5.16 Å². The van der Waals surface area contributed by atoms with Crippen molar-refractivity contribution in [3.63, 3.8) is 0 Å². The quantitative estimate of drug-likeness (QED) is 0.892. The van der Waals surface area contributed by atoms with Gasteiger partial charge in [0.2, 0.25) is 5.76 Å². The summed E-state index contributed by atoms with van der Waals surface area (Å²) in [6, 6.07) is 1.47. The molecule has 0 unspecified atom stereocenters. The van der Waals surface area contributed by atoms with Crippen molar-refractivity contribution in [2.24, 2.45) is 0 Å². The first-order chi connectivity index (χ1) is 11.1. The van der Waals surface area contributed by atoms with Gasteiger partial charge in [-0.2, -0.15) is 0 Å². The summed E-state index contributed by atoms with van der Waals surface area (Å²) in [7, 11) is 0. The van der Waals surface area contributed by atoms with Crippen molar-refractivity contribution in [1.82, 2.24) is 20.4 Å². The number of rotatable bonds is 3. The van der Waals surface area contributed by atoms with E-state index in [-0.39, 0.29) is 23.7 Å². The van der Waals surface area contributed by atoms with E-state index in [1.807, 2.05) is 5.38 Å². The highest BCUT2D eigenvalue weighted by molar-refractivity contribution is 7.13. The van der Waals surface area contributed by atoms with Crippen LogP contribution in [0.15, 0.2) is 22.2 Å². The van der Waals surface area contributed by atoms with Gasteiger partial charge in [0.25, 0.3) is 5.91 Å². The molecule has 0 spiro atoms. The van der Waals surface area contributed by atoms with E-state index in [0.29, 0.717) is 36.8 Å². The molecule has 0 saturated carbocycles. The molecule has 0 aliphatic carbocycles. The molecule has 0 bridgehead atoms. The third-order valence-electron chi connectivity index (χ3n) is 3.62. The van der Waals surface area contributed by atoms with Gasteiger partial charge in [0.15, 0.2) is 5.13 Å². The Hall–Kier alpha value is -2.42. The highest BCUT2D eigenvalue weighted by atomic mass is 32.1. The summed E-state index contributed by atoms with van der Waals surface area (Å²) in [5, 5.41) is 11.8. The van der Waals surface area contributed by atoms with Gasteiger partial charge in [-0.05, 0) is 19.8 Å². The summed E-state index contributed by atoms with van der Waals surface area (Å²) >= 11 is 1.38. The van der Waals surface area contributed by atoms with Crippen molar-refractivity contribution in [1.29, 1.82) is 0 Å². The second-order valence-corrected chi connectivity index (χ2v) is 6.23. The highest BCUT2D eigenvalue weighted by Gasteiger charge is 2.25. The number of amides is 3. The zero-order chi connectivity index (χ0) is 16.2. The monoisotopic (exact) mass is 335 g/mol. The zero-order valence-electron chi connectivity index (χ0n) is 12.6. The molecule has 1 saturated heterocycles. The molecule has 23 heavy (non-hydrogen) atoms. The van der Waals surface area contributed by atoms with E-state index in [0.717, 1.165) is 0 Å². The predicted molar refractivity (Wildman–Crippen MR) is 84.4 cm³/mol. The number of carbonyl (C=O) groups is 2. The minimum atomic E-state index is -0.267. The number of thiazole rings is 1. The van der Waals surface area contributed by atoms with Crippen LogP contribution in [0.4, 0.5) is 9.93 Å². The summed E-state index contributed by atoms with van der Waals surface area (Å²) in [5.74, 6) is -0.0530. The second kappa shape index (κ2) is 6.78. The highest BCUT2D eigenvalue weighted by Crippen LogP contribution is 2.15. The minimum absolute atomic E-state index is 0.0248. The fourth-order valence-corrected chi connectivity index (χ4v) is 2.93. The molecule has 9 heteroatoms. The minimum Gasteiger partial charge on any atom is -0.351 e. The van der Waals surface area contributed by atoms with Crippen LogP contribution in [-0.2, 0) is 0 Å². The van der Waals surface area contributed by atoms with Crippen LogP contribution in [0.1, 0.15) is 29.1 Å². The maximum atomic E-state index is 12.1. The summed E-state index contributed by atoms with van der Waals surface area (Å²) in [5.41, 5.74) is 0.670. The van der Waals surface area contributed by atoms with Gasteiger partial charge in [-0.3, -0.25) is 10.1 Å². The average Bonchev–Trinajstić information content (AvgIpc) is 3.19. The molecule has 3 heterocycles. The Morgan fingerprint density at radius 1 is 1.39 bits per heavy atom. The summed E-state index contributed by atoms with van der Waals surface area (Å²) in [4.78, 5) is 29.9. The van der Waals surface area contributed by atoms with Crippen LogP contribution in [-0.4, -0.2) is 46.1 Å². The first kappa shape index (κ1) is 15.5. The Morgan fingerprint density at radius 2 is 2.17 bits per heavy atom. The number of hydrogen-bond donors (Lipinski definition) is 2. The SMILES string of the molecule is Cc1cc(C(=O)NC2CCN(C(=O)Nc3nccs3)CC2)on1. The molecule has 1 aliphatic rings. The summed E-state index contributed by atoms with van der Waals surface area (Å²) < 4.78 is 4.94. The first-order valence-electron chi connectivity index (χ1n) is 7.31. The Balaban J connectivity index is 1.46. The number of likely N-dealkylation sites (tertiary alicyclic amines) is 1. The van der Waals surface area contributed by atoms with E-state index in [1.54, 1.807) is 24.1 Å². The number of nitrogens with zero attached hydrogens (tertiary/aromatic N) is 3. The van der Waals surface area contributed by atoms with Crippen LogP contribution < -0.4 is 10.6 Å².